The summed E-state index contributed by atoms with van der Waals surface area (Å²) in [5.74, 6) is -0.353. The standard InChI is InChI=1S/C23H18FN5/c1-29(2)16-7-3-5-14(9-16)21-18(24)12-27-23-22(21)17-10-19(26-13-20(17)28-23)15-6-4-8-25-11-15/h3-13H,1-2H3,(H,27,28). The number of halogens is 1. The van der Waals surface area contributed by atoms with Crippen LogP contribution >= 0.6 is 0 Å². The average Bonchev–Trinajstić information content (AvgIpc) is 3.12. The van der Waals surface area contributed by atoms with Crippen LogP contribution < -0.4 is 4.90 Å². The van der Waals surface area contributed by atoms with Gasteiger partial charge in [0.25, 0.3) is 0 Å². The van der Waals surface area contributed by atoms with Crippen LogP contribution in [0.15, 0.2) is 67.3 Å². The first-order valence-corrected chi connectivity index (χ1v) is 9.26. The molecule has 6 heteroatoms. The van der Waals surface area contributed by atoms with Crippen molar-refractivity contribution in [3.63, 3.8) is 0 Å². The Balaban J connectivity index is 1.82. The van der Waals surface area contributed by atoms with Gasteiger partial charge in [0.15, 0.2) is 0 Å². The van der Waals surface area contributed by atoms with Gasteiger partial charge >= 0.3 is 0 Å². The maximum Gasteiger partial charge on any atom is 0.150 e. The SMILES string of the molecule is CN(C)c1cccc(-c2c(F)cnc3[nH]c4cnc(-c5cccnc5)cc4c23)c1. The molecule has 0 fully saturated rings. The highest BCUT2D eigenvalue weighted by atomic mass is 19.1. The predicted molar refractivity (Wildman–Crippen MR) is 114 cm³/mol. The van der Waals surface area contributed by atoms with Crippen LogP contribution in [0.1, 0.15) is 0 Å². The molecule has 0 radical (unpaired) electrons. The normalized spacial score (nSPS) is 11.3. The summed E-state index contributed by atoms with van der Waals surface area (Å²) in [5, 5.41) is 1.63. The van der Waals surface area contributed by atoms with Crippen LogP contribution in [0.3, 0.4) is 0 Å². The van der Waals surface area contributed by atoms with Gasteiger partial charge < -0.3 is 9.88 Å². The highest BCUT2D eigenvalue weighted by Crippen LogP contribution is 2.37. The number of aromatic amines is 1. The van der Waals surface area contributed by atoms with Gasteiger partial charge in [-0.15, -0.1) is 0 Å². The lowest BCUT2D eigenvalue weighted by Gasteiger charge is -2.14. The molecule has 0 spiro atoms. The lowest BCUT2D eigenvalue weighted by molar-refractivity contribution is 0.627. The van der Waals surface area contributed by atoms with Gasteiger partial charge in [-0.3, -0.25) is 9.97 Å². The molecule has 5 nitrogen and oxygen atoms in total. The minimum Gasteiger partial charge on any atom is -0.378 e. The van der Waals surface area contributed by atoms with E-state index >= 15 is 4.39 Å². The van der Waals surface area contributed by atoms with Crippen LogP contribution in [-0.4, -0.2) is 34.0 Å². The van der Waals surface area contributed by atoms with Gasteiger partial charge in [-0.1, -0.05) is 12.1 Å². The van der Waals surface area contributed by atoms with E-state index in [-0.39, 0.29) is 5.82 Å². The van der Waals surface area contributed by atoms with Crippen LogP contribution in [0.25, 0.3) is 44.3 Å². The molecular weight excluding hydrogens is 365 g/mol. The monoisotopic (exact) mass is 383 g/mol. The number of hydrogen-bond acceptors (Lipinski definition) is 4. The van der Waals surface area contributed by atoms with E-state index in [1.54, 1.807) is 18.6 Å². The van der Waals surface area contributed by atoms with Crippen molar-refractivity contribution in [3.05, 3.63) is 73.1 Å². The molecule has 0 atom stereocenters. The summed E-state index contributed by atoms with van der Waals surface area (Å²) in [6.45, 7) is 0. The van der Waals surface area contributed by atoms with E-state index in [1.807, 2.05) is 61.5 Å². The van der Waals surface area contributed by atoms with Gasteiger partial charge in [0.2, 0.25) is 0 Å². The van der Waals surface area contributed by atoms with Crippen molar-refractivity contribution in [1.29, 1.82) is 0 Å². The van der Waals surface area contributed by atoms with Crippen LogP contribution in [0.4, 0.5) is 10.1 Å². The number of nitrogens with zero attached hydrogens (tertiary/aromatic N) is 4. The summed E-state index contributed by atoms with van der Waals surface area (Å²) in [6.07, 6.45) is 6.52. The van der Waals surface area contributed by atoms with Gasteiger partial charge in [-0.05, 0) is 35.9 Å². The molecule has 4 aromatic heterocycles. The summed E-state index contributed by atoms with van der Waals surface area (Å²) in [5.41, 5.74) is 5.49. The number of aromatic nitrogens is 4. The molecule has 4 heterocycles. The molecule has 0 bridgehead atoms. The van der Waals surface area contributed by atoms with Gasteiger partial charge in [0, 0.05) is 54.1 Å². The molecular formula is C23H18FN5. The second kappa shape index (κ2) is 6.67. The number of benzene rings is 1. The Labute approximate surface area is 166 Å². The molecule has 0 amide bonds. The molecule has 0 saturated heterocycles. The number of fused-ring (bicyclic) bond motifs is 3. The maximum atomic E-state index is 15.1. The van der Waals surface area contributed by atoms with E-state index in [0.717, 1.165) is 38.8 Å². The quantitative estimate of drug-likeness (QED) is 0.474. The number of nitrogens with one attached hydrogen (secondary N) is 1. The second-order valence-electron chi connectivity index (χ2n) is 7.13. The molecule has 5 aromatic rings. The Bertz CT molecular complexity index is 1340. The third-order valence-electron chi connectivity index (χ3n) is 5.07. The highest BCUT2D eigenvalue weighted by molar-refractivity contribution is 6.13. The first-order valence-electron chi connectivity index (χ1n) is 9.26. The molecule has 5 rings (SSSR count). The zero-order chi connectivity index (χ0) is 20.0. The summed E-state index contributed by atoms with van der Waals surface area (Å²) in [4.78, 5) is 18.3. The molecule has 0 unspecified atom stereocenters. The van der Waals surface area contributed by atoms with Crippen molar-refractivity contribution in [1.82, 2.24) is 19.9 Å². The van der Waals surface area contributed by atoms with Crippen molar-refractivity contribution in [2.24, 2.45) is 0 Å². The lowest BCUT2D eigenvalue weighted by atomic mass is 10.00. The second-order valence-corrected chi connectivity index (χ2v) is 7.13. The summed E-state index contributed by atoms with van der Waals surface area (Å²) >= 11 is 0. The van der Waals surface area contributed by atoms with Crippen molar-refractivity contribution in [2.45, 2.75) is 0 Å². The minimum atomic E-state index is -0.353. The van der Waals surface area contributed by atoms with Crippen LogP contribution in [0, 0.1) is 5.82 Å². The summed E-state index contributed by atoms with van der Waals surface area (Å²) in [6, 6.07) is 13.6. The first-order chi connectivity index (χ1) is 14.1. The lowest BCUT2D eigenvalue weighted by Crippen LogP contribution is -2.08. The fourth-order valence-electron chi connectivity index (χ4n) is 3.63. The van der Waals surface area contributed by atoms with Crippen LogP contribution in [0.5, 0.6) is 0 Å². The molecule has 1 aromatic carbocycles. The fraction of sp³-hybridized carbons (Fsp3) is 0.0870. The molecule has 0 aliphatic carbocycles. The Kier molecular flexibility index (Phi) is 3.98. The van der Waals surface area contributed by atoms with E-state index in [9.17, 15) is 0 Å². The molecule has 142 valence electrons. The van der Waals surface area contributed by atoms with E-state index < -0.39 is 0 Å². The van der Waals surface area contributed by atoms with Gasteiger partial charge in [-0.2, -0.15) is 0 Å². The zero-order valence-electron chi connectivity index (χ0n) is 16.0. The Morgan fingerprint density at radius 2 is 1.79 bits per heavy atom. The molecule has 0 aliphatic rings. The van der Waals surface area contributed by atoms with Gasteiger partial charge in [-0.25, -0.2) is 9.37 Å². The third kappa shape index (κ3) is 2.89. The van der Waals surface area contributed by atoms with Crippen LogP contribution in [-0.2, 0) is 0 Å². The topological polar surface area (TPSA) is 57.7 Å². The van der Waals surface area contributed by atoms with Crippen LogP contribution in [0.2, 0.25) is 0 Å². The van der Waals surface area contributed by atoms with Gasteiger partial charge in [0.1, 0.15) is 11.5 Å². The average molecular weight is 383 g/mol. The van der Waals surface area contributed by atoms with E-state index in [1.165, 1.54) is 6.20 Å². The minimum absolute atomic E-state index is 0.353. The van der Waals surface area contributed by atoms with E-state index in [0.29, 0.717) is 11.2 Å². The van der Waals surface area contributed by atoms with Crippen molar-refractivity contribution >= 4 is 27.6 Å². The molecule has 29 heavy (non-hydrogen) atoms. The largest absolute Gasteiger partial charge is 0.378 e. The molecule has 0 aliphatic heterocycles. The molecule has 1 N–H and O–H groups in total. The highest BCUT2D eigenvalue weighted by Gasteiger charge is 2.17. The Morgan fingerprint density at radius 3 is 2.59 bits per heavy atom. The number of H-pyrrole nitrogens is 1. The number of pyridine rings is 3. The van der Waals surface area contributed by atoms with Crippen molar-refractivity contribution in [3.8, 4) is 22.4 Å². The first kappa shape index (κ1) is 17.3. The predicted octanol–water partition coefficient (Wildman–Crippen LogP) is 5.05. The zero-order valence-corrected chi connectivity index (χ0v) is 16.0. The maximum absolute atomic E-state index is 15.1. The summed E-state index contributed by atoms with van der Waals surface area (Å²) in [7, 11) is 3.93. The Hall–Kier alpha value is -3.80. The van der Waals surface area contributed by atoms with Crippen molar-refractivity contribution in [2.75, 3.05) is 19.0 Å². The van der Waals surface area contributed by atoms with E-state index in [2.05, 4.69) is 19.9 Å². The Morgan fingerprint density at radius 1 is 0.931 bits per heavy atom. The van der Waals surface area contributed by atoms with Gasteiger partial charge in [0.05, 0.1) is 23.6 Å². The van der Waals surface area contributed by atoms with Crippen molar-refractivity contribution < 1.29 is 4.39 Å². The number of rotatable bonds is 3. The number of hydrogen-bond donors (Lipinski definition) is 1. The molecule has 0 saturated carbocycles. The third-order valence-corrected chi connectivity index (χ3v) is 5.07. The smallest absolute Gasteiger partial charge is 0.150 e. The van der Waals surface area contributed by atoms with E-state index in [4.69, 9.17) is 0 Å². The summed E-state index contributed by atoms with van der Waals surface area (Å²) < 4.78 is 15.1. The number of anilines is 1. The fourth-order valence-corrected chi connectivity index (χ4v) is 3.63.